The molecule has 0 aromatic carbocycles. The van der Waals surface area contributed by atoms with E-state index in [0.29, 0.717) is 6.54 Å². The molecule has 3 rings (SSSR count). The van der Waals surface area contributed by atoms with Gasteiger partial charge in [0.2, 0.25) is 11.8 Å². The number of nitrogens with zero attached hydrogens (tertiary/aromatic N) is 3. The number of carbonyl (C=O) groups is 2. The molecule has 0 saturated carbocycles. The average Bonchev–Trinajstić information content (AvgIpc) is 3.16. The molecule has 2 fully saturated rings. The molecule has 1 N–H and O–H groups in total. The van der Waals surface area contributed by atoms with Crippen LogP contribution >= 0.6 is 0 Å². The van der Waals surface area contributed by atoms with Gasteiger partial charge in [-0.2, -0.15) is 0 Å². The summed E-state index contributed by atoms with van der Waals surface area (Å²) in [6.45, 7) is 7.08. The lowest BCUT2D eigenvalue weighted by Crippen LogP contribution is -2.44. The van der Waals surface area contributed by atoms with Crippen molar-refractivity contribution in [1.29, 1.82) is 0 Å². The summed E-state index contributed by atoms with van der Waals surface area (Å²) in [5.74, 6) is 0.985. The second-order valence-electron chi connectivity index (χ2n) is 7.34. The highest BCUT2D eigenvalue weighted by Crippen LogP contribution is 2.29. The van der Waals surface area contributed by atoms with Crippen molar-refractivity contribution in [3.63, 3.8) is 0 Å². The first-order chi connectivity index (χ1) is 12.1. The molecule has 25 heavy (non-hydrogen) atoms. The predicted molar refractivity (Wildman–Crippen MR) is 98.5 cm³/mol. The SMILES string of the molecule is CC(C)C(=O)Nc1cccnc1N1CCCC(C(=O)N2CCCC2)C1. The Balaban J connectivity index is 1.73. The van der Waals surface area contributed by atoms with Crippen molar-refractivity contribution in [2.24, 2.45) is 11.8 Å². The fourth-order valence-electron chi connectivity index (χ4n) is 3.59. The Labute approximate surface area is 149 Å². The fourth-order valence-corrected chi connectivity index (χ4v) is 3.59. The Morgan fingerprint density at radius 3 is 2.68 bits per heavy atom. The molecule has 1 aromatic heterocycles. The fraction of sp³-hybridized carbons (Fsp3) is 0.632. The Hall–Kier alpha value is -2.11. The van der Waals surface area contributed by atoms with Crippen LogP contribution in [0.3, 0.4) is 0 Å². The Morgan fingerprint density at radius 1 is 1.20 bits per heavy atom. The van der Waals surface area contributed by atoms with E-state index in [2.05, 4.69) is 15.2 Å². The van der Waals surface area contributed by atoms with E-state index in [1.165, 1.54) is 0 Å². The summed E-state index contributed by atoms with van der Waals surface area (Å²) in [4.78, 5) is 33.5. The van der Waals surface area contributed by atoms with Gasteiger partial charge in [0.1, 0.15) is 0 Å². The lowest BCUT2D eigenvalue weighted by atomic mass is 9.96. The first-order valence-electron chi connectivity index (χ1n) is 9.36. The zero-order chi connectivity index (χ0) is 17.8. The molecule has 1 atom stereocenters. The first kappa shape index (κ1) is 17.7. The summed E-state index contributed by atoms with van der Waals surface area (Å²) >= 11 is 0. The van der Waals surface area contributed by atoms with Gasteiger partial charge in [0, 0.05) is 38.3 Å². The molecule has 1 unspecified atom stereocenters. The number of rotatable bonds is 4. The first-order valence-corrected chi connectivity index (χ1v) is 9.36. The molecule has 1 aromatic rings. The zero-order valence-electron chi connectivity index (χ0n) is 15.2. The molecule has 0 aliphatic carbocycles. The smallest absolute Gasteiger partial charge is 0.227 e. The van der Waals surface area contributed by atoms with Gasteiger partial charge < -0.3 is 15.1 Å². The Bertz CT molecular complexity index is 626. The van der Waals surface area contributed by atoms with E-state index in [0.717, 1.165) is 56.8 Å². The van der Waals surface area contributed by atoms with Gasteiger partial charge in [-0.3, -0.25) is 9.59 Å². The second-order valence-corrected chi connectivity index (χ2v) is 7.34. The molecule has 0 bridgehead atoms. The highest BCUT2D eigenvalue weighted by atomic mass is 16.2. The lowest BCUT2D eigenvalue weighted by Gasteiger charge is -2.35. The molecular weight excluding hydrogens is 316 g/mol. The molecule has 2 amide bonds. The van der Waals surface area contributed by atoms with Crippen LogP contribution in [0.4, 0.5) is 11.5 Å². The maximum Gasteiger partial charge on any atom is 0.227 e. The van der Waals surface area contributed by atoms with E-state index in [4.69, 9.17) is 0 Å². The number of carbonyl (C=O) groups excluding carboxylic acids is 2. The maximum atomic E-state index is 12.7. The van der Waals surface area contributed by atoms with Gasteiger partial charge in [-0.1, -0.05) is 13.8 Å². The number of aromatic nitrogens is 1. The molecule has 2 aliphatic rings. The molecule has 6 heteroatoms. The molecule has 2 aliphatic heterocycles. The van der Waals surface area contributed by atoms with Crippen LogP contribution in [0.25, 0.3) is 0 Å². The van der Waals surface area contributed by atoms with Crippen LogP contribution in [0.5, 0.6) is 0 Å². The highest BCUT2D eigenvalue weighted by Gasteiger charge is 2.31. The second kappa shape index (κ2) is 7.85. The summed E-state index contributed by atoms with van der Waals surface area (Å²) in [5.41, 5.74) is 0.732. The van der Waals surface area contributed by atoms with Crippen LogP contribution in [0, 0.1) is 11.8 Å². The van der Waals surface area contributed by atoms with Crippen LogP contribution in [0.2, 0.25) is 0 Å². The van der Waals surface area contributed by atoms with Crippen molar-refractivity contribution in [1.82, 2.24) is 9.88 Å². The molecule has 136 valence electrons. The van der Waals surface area contributed by atoms with Crippen molar-refractivity contribution in [3.8, 4) is 0 Å². The number of pyridine rings is 1. The van der Waals surface area contributed by atoms with Crippen LogP contribution < -0.4 is 10.2 Å². The number of hydrogen-bond donors (Lipinski definition) is 1. The number of amides is 2. The number of likely N-dealkylation sites (tertiary alicyclic amines) is 1. The quantitative estimate of drug-likeness (QED) is 0.911. The number of nitrogens with one attached hydrogen (secondary N) is 1. The van der Waals surface area contributed by atoms with Gasteiger partial charge in [-0.05, 0) is 37.8 Å². The number of piperidine rings is 1. The minimum atomic E-state index is -0.0843. The minimum Gasteiger partial charge on any atom is -0.354 e. The van der Waals surface area contributed by atoms with Crippen molar-refractivity contribution in [3.05, 3.63) is 18.3 Å². The van der Waals surface area contributed by atoms with E-state index in [1.807, 2.05) is 30.9 Å². The number of anilines is 2. The normalized spacial score (nSPS) is 20.8. The third kappa shape index (κ3) is 4.11. The monoisotopic (exact) mass is 344 g/mol. The number of hydrogen-bond acceptors (Lipinski definition) is 4. The minimum absolute atomic E-state index is 0.0176. The average molecular weight is 344 g/mol. The predicted octanol–water partition coefficient (Wildman–Crippen LogP) is 2.51. The summed E-state index contributed by atoms with van der Waals surface area (Å²) in [6.07, 6.45) is 5.89. The van der Waals surface area contributed by atoms with E-state index in [9.17, 15) is 9.59 Å². The van der Waals surface area contributed by atoms with Crippen LogP contribution in [-0.4, -0.2) is 47.9 Å². The zero-order valence-corrected chi connectivity index (χ0v) is 15.2. The third-order valence-corrected chi connectivity index (χ3v) is 5.06. The summed E-state index contributed by atoms with van der Waals surface area (Å²) in [7, 11) is 0. The van der Waals surface area contributed by atoms with Crippen molar-refractivity contribution < 1.29 is 9.59 Å². The van der Waals surface area contributed by atoms with Gasteiger partial charge in [0.15, 0.2) is 5.82 Å². The lowest BCUT2D eigenvalue weighted by molar-refractivity contribution is -0.134. The summed E-state index contributed by atoms with van der Waals surface area (Å²) < 4.78 is 0. The summed E-state index contributed by atoms with van der Waals surface area (Å²) in [6, 6.07) is 3.71. The highest BCUT2D eigenvalue weighted by molar-refractivity contribution is 5.94. The molecule has 0 spiro atoms. The van der Waals surface area contributed by atoms with Gasteiger partial charge in [-0.25, -0.2) is 4.98 Å². The van der Waals surface area contributed by atoms with Crippen LogP contribution in [0.15, 0.2) is 18.3 Å². The van der Waals surface area contributed by atoms with E-state index in [-0.39, 0.29) is 23.7 Å². The van der Waals surface area contributed by atoms with E-state index < -0.39 is 0 Å². The van der Waals surface area contributed by atoms with Crippen LogP contribution in [0.1, 0.15) is 39.5 Å². The molecule has 3 heterocycles. The summed E-state index contributed by atoms with van der Waals surface area (Å²) in [5, 5.41) is 2.97. The standard InChI is InChI=1S/C19H28N4O2/c1-14(2)18(24)21-16-8-5-9-20-17(16)23-12-6-7-15(13-23)19(25)22-10-3-4-11-22/h5,8-9,14-15H,3-4,6-7,10-13H2,1-2H3,(H,21,24). The van der Waals surface area contributed by atoms with E-state index >= 15 is 0 Å². The Kier molecular flexibility index (Phi) is 5.56. The van der Waals surface area contributed by atoms with Gasteiger partial charge >= 0.3 is 0 Å². The maximum absolute atomic E-state index is 12.7. The van der Waals surface area contributed by atoms with Gasteiger partial charge in [0.25, 0.3) is 0 Å². The van der Waals surface area contributed by atoms with E-state index in [1.54, 1.807) is 6.20 Å². The van der Waals surface area contributed by atoms with Gasteiger partial charge in [-0.15, -0.1) is 0 Å². The van der Waals surface area contributed by atoms with Crippen molar-refractivity contribution >= 4 is 23.3 Å². The molecular formula is C19H28N4O2. The van der Waals surface area contributed by atoms with Crippen molar-refractivity contribution in [2.45, 2.75) is 39.5 Å². The van der Waals surface area contributed by atoms with Gasteiger partial charge in [0.05, 0.1) is 11.6 Å². The topological polar surface area (TPSA) is 65.5 Å². The van der Waals surface area contributed by atoms with Crippen LogP contribution in [-0.2, 0) is 9.59 Å². The third-order valence-electron chi connectivity index (χ3n) is 5.06. The molecule has 2 saturated heterocycles. The van der Waals surface area contributed by atoms with Crippen molar-refractivity contribution in [2.75, 3.05) is 36.4 Å². The largest absolute Gasteiger partial charge is 0.354 e. The Morgan fingerprint density at radius 2 is 1.96 bits per heavy atom. The molecule has 0 radical (unpaired) electrons. The molecule has 6 nitrogen and oxygen atoms in total.